The van der Waals surface area contributed by atoms with Gasteiger partial charge in [-0.05, 0) is 41.7 Å². The van der Waals surface area contributed by atoms with Crippen molar-refractivity contribution < 1.29 is 0 Å². The van der Waals surface area contributed by atoms with E-state index in [9.17, 15) is 0 Å². The van der Waals surface area contributed by atoms with Crippen molar-refractivity contribution in [2.45, 2.75) is 18.9 Å². The second-order valence-electron chi connectivity index (χ2n) is 5.57. The van der Waals surface area contributed by atoms with E-state index in [0.717, 1.165) is 24.1 Å². The van der Waals surface area contributed by atoms with Crippen molar-refractivity contribution in [3.05, 3.63) is 72.1 Å². The highest BCUT2D eigenvalue weighted by atomic mass is 15.3. The van der Waals surface area contributed by atoms with E-state index in [1.165, 1.54) is 16.7 Å². The number of aromatic nitrogens is 2. The van der Waals surface area contributed by atoms with E-state index in [-0.39, 0.29) is 6.04 Å². The summed E-state index contributed by atoms with van der Waals surface area (Å²) in [5.41, 5.74) is 12.2. The summed E-state index contributed by atoms with van der Waals surface area (Å²) in [4.78, 5) is 0. The number of aryl methyl sites for hydroxylation is 1. The molecule has 0 saturated carbocycles. The van der Waals surface area contributed by atoms with Gasteiger partial charge in [0.1, 0.15) is 0 Å². The fraction of sp³-hybridized carbons (Fsp3) is 0.167. The van der Waals surface area contributed by atoms with Gasteiger partial charge in [0.05, 0.1) is 11.9 Å². The Kier molecular flexibility index (Phi) is 2.86. The second-order valence-corrected chi connectivity index (χ2v) is 5.57. The van der Waals surface area contributed by atoms with E-state index in [1.54, 1.807) is 0 Å². The zero-order chi connectivity index (χ0) is 14.2. The lowest BCUT2D eigenvalue weighted by molar-refractivity contribution is 0.713. The molecule has 0 radical (unpaired) electrons. The quantitative estimate of drug-likeness (QED) is 0.778. The third-order valence-corrected chi connectivity index (χ3v) is 4.20. The Hall–Kier alpha value is -2.39. The van der Waals surface area contributed by atoms with Crippen LogP contribution in [0.15, 0.2) is 60.9 Å². The van der Waals surface area contributed by atoms with Gasteiger partial charge in [0.25, 0.3) is 0 Å². The molecule has 0 fully saturated rings. The fourth-order valence-corrected chi connectivity index (χ4v) is 3.02. The predicted molar refractivity (Wildman–Crippen MR) is 84.2 cm³/mol. The van der Waals surface area contributed by atoms with Crippen LogP contribution >= 0.6 is 0 Å². The molecular weight excluding hydrogens is 258 g/mol. The Bertz CT molecular complexity index is 774. The Balaban J connectivity index is 1.70. The van der Waals surface area contributed by atoms with Gasteiger partial charge in [-0.2, -0.15) is 5.10 Å². The molecule has 3 heteroatoms. The van der Waals surface area contributed by atoms with Crippen LogP contribution < -0.4 is 5.73 Å². The third-order valence-electron chi connectivity index (χ3n) is 4.20. The van der Waals surface area contributed by atoms with Gasteiger partial charge in [0.15, 0.2) is 0 Å². The first-order chi connectivity index (χ1) is 10.3. The number of nitrogens with two attached hydrogens (primary N) is 1. The lowest BCUT2D eigenvalue weighted by Gasteiger charge is -2.06. The molecule has 0 amide bonds. The Morgan fingerprint density at radius 2 is 1.90 bits per heavy atom. The predicted octanol–water partition coefficient (Wildman–Crippen LogP) is 3.49. The first kappa shape index (κ1) is 12.4. The van der Waals surface area contributed by atoms with Gasteiger partial charge in [0, 0.05) is 17.8 Å². The minimum Gasteiger partial charge on any atom is -0.324 e. The van der Waals surface area contributed by atoms with Crippen molar-refractivity contribution in [2.24, 2.45) is 5.73 Å². The van der Waals surface area contributed by atoms with Crippen molar-refractivity contribution in [3.63, 3.8) is 0 Å². The summed E-state index contributed by atoms with van der Waals surface area (Å²) in [7, 11) is 0. The van der Waals surface area contributed by atoms with E-state index in [1.807, 2.05) is 29.1 Å². The maximum Gasteiger partial charge on any atom is 0.0645 e. The summed E-state index contributed by atoms with van der Waals surface area (Å²) in [6.45, 7) is 0. The number of fused-ring (bicyclic) bond motifs is 1. The summed E-state index contributed by atoms with van der Waals surface area (Å²) in [5.74, 6) is 0. The maximum absolute atomic E-state index is 6.10. The molecule has 3 nitrogen and oxygen atoms in total. The average molecular weight is 275 g/mol. The molecule has 2 N–H and O–H groups in total. The highest BCUT2D eigenvalue weighted by molar-refractivity contribution is 5.64. The third kappa shape index (κ3) is 2.16. The van der Waals surface area contributed by atoms with E-state index < -0.39 is 0 Å². The minimum absolute atomic E-state index is 0.209. The van der Waals surface area contributed by atoms with Gasteiger partial charge in [-0.1, -0.05) is 36.4 Å². The maximum atomic E-state index is 6.10. The molecule has 1 aliphatic rings. The van der Waals surface area contributed by atoms with Crippen molar-refractivity contribution in [2.75, 3.05) is 0 Å². The summed E-state index contributed by atoms with van der Waals surface area (Å²) in [6, 6.07) is 16.9. The summed E-state index contributed by atoms with van der Waals surface area (Å²) in [5, 5.41) is 4.46. The second kappa shape index (κ2) is 4.86. The number of benzene rings is 2. The zero-order valence-corrected chi connectivity index (χ0v) is 11.7. The number of rotatable bonds is 2. The summed E-state index contributed by atoms with van der Waals surface area (Å²) >= 11 is 0. The highest BCUT2D eigenvalue weighted by Gasteiger charge is 2.19. The minimum atomic E-state index is 0.209. The summed E-state index contributed by atoms with van der Waals surface area (Å²) < 4.78 is 1.91. The topological polar surface area (TPSA) is 43.8 Å². The number of nitrogens with zero attached hydrogens (tertiary/aromatic N) is 2. The molecule has 1 aromatic heterocycles. The van der Waals surface area contributed by atoms with E-state index in [2.05, 4.69) is 41.6 Å². The van der Waals surface area contributed by atoms with E-state index >= 15 is 0 Å². The van der Waals surface area contributed by atoms with Gasteiger partial charge in [-0.3, -0.25) is 0 Å². The molecule has 4 rings (SSSR count). The molecular formula is C18H17N3. The zero-order valence-electron chi connectivity index (χ0n) is 11.7. The van der Waals surface area contributed by atoms with Crippen LogP contribution in [0.5, 0.6) is 0 Å². The van der Waals surface area contributed by atoms with Crippen LogP contribution in [0.1, 0.15) is 23.6 Å². The van der Waals surface area contributed by atoms with Crippen molar-refractivity contribution in [3.8, 4) is 16.8 Å². The van der Waals surface area contributed by atoms with Crippen molar-refractivity contribution >= 4 is 0 Å². The molecule has 1 heterocycles. The largest absolute Gasteiger partial charge is 0.324 e. The smallest absolute Gasteiger partial charge is 0.0645 e. The molecule has 0 saturated heterocycles. The molecule has 3 aromatic rings. The van der Waals surface area contributed by atoms with Gasteiger partial charge in [-0.15, -0.1) is 0 Å². The average Bonchev–Trinajstić information content (AvgIpc) is 3.15. The van der Waals surface area contributed by atoms with Gasteiger partial charge >= 0.3 is 0 Å². The van der Waals surface area contributed by atoms with Crippen LogP contribution in [0.3, 0.4) is 0 Å². The van der Waals surface area contributed by atoms with Crippen LogP contribution in [0, 0.1) is 0 Å². The summed E-state index contributed by atoms with van der Waals surface area (Å²) in [6.07, 6.45) is 6.13. The number of hydrogen-bond donors (Lipinski definition) is 1. The molecule has 21 heavy (non-hydrogen) atoms. The van der Waals surface area contributed by atoms with E-state index in [0.29, 0.717) is 0 Å². The van der Waals surface area contributed by atoms with Crippen LogP contribution in [-0.4, -0.2) is 9.78 Å². The van der Waals surface area contributed by atoms with E-state index in [4.69, 9.17) is 5.73 Å². The molecule has 2 aromatic carbocycles. The van der Waals surface area contributed by atoms with Gasteiger partial charge < -0.3 is 5.73 Å². The molecule has 0 aliphatic heterocycles. The van der Waals surface area contributed by atoms with Gasteiger partial charge in [-0.25, -0.2) is 4.68 Å². The highest BCUT2D eigenvalue weighted by Crippen LogP contribution is 2.32. The van der Waals surface area contributed by atoms with Crippen LogP contribution in [0.25, 0.3) is 16.8 Å². The van der Waals surface area contributed by atoms with Crippen LogP contribution in [0.4, 0.5) is 0 Å². The first-order valence-electron chi connectivity index (χ1n) is 7.30. The monoisotopic (exact) mass is 275 g/mol. The molecule has 0 spiro atoms. The normalized spacial score (nSPS) is 16.9. The van der Waals surface area contributed by atoms with Crippen LogP contribution in [-0.2, 0) is 6.42 Å². The molecule has 104 valence electrons. The number of para-hydroxylation sites is 1. The molecule has 1 atom stereocenters. The SMILES string of the molecule is NC1CCc2cc(-c3cnn(-c4ccccc4)c3)ccc21. The fourth-order valence-electron chi connectivity index (χ4n) is 3.02. The van der Waals surface area contributed by atoms with Crippen molar-refractivity contribution in [1.82, 2.24) is 9.78 Å². The number of hydrogen-bond acceptors (Lipinski definition) is 2. The standard InChI is InChI=1S/C18H17N3/c19-18-9-7-14-10-13(6-8-17(14)18)15-11-20-21(12-15)16-4-2-1-3-5-16/h1-6,8,10-12,18H,7,9,19H2. The van der Waals surface area contributed by atoms with Gasteiger partial charge in [0.2, 0.25) is 0 Å². The Morgan fingerprint density at radius 1 is 1.05 bits per heavy atom. The van der Waals surface area contributed by atoms with Crippen LogP contribution in [0.2, 0.25) is 0 Å². The lowest BCUT2D eigenvalue weighted by Crippen LogP contribution is -2.04. The molecule has 0 bridgehead atoms. The lowest BCUT2D eigenvalue weighted by atomic mass is 10.0. The Labute approximate surface area is 124 Å². The first-order valence-corrected chi connectivity index (χ1v) is 7.30. The van der Waals surface area contributed by atoms with Crippen molar-refractivity contribution in [1.29, 1.82) is 0 Å². The molecule has 1 unspecified atom stereocenters. The Morgan fingerprint density at radius 3 is 2.76 bits per heavy atom. The molecule has 1 aliphatic carbocycles.